The number of rotatable bonds is 3. The van der Waals surface area contributed by atoms with Crippen LogP contribution in [0.1, 0.15) is 17.2 Å². The van der Waals surface area contributed by atoms with E-state index in [9.17, 15) is 14.7 Å². The van der Waals surface area contributed by atoms with Crippen LogP contribution in [-0.4, -0.2) is 21.8 Å². The molecule has 0 spiro atoms. The van der Waals surface area contributed by atoms with Crippen LogP contribution in [0.15, 0.2) is 84.6 Å². The highest BCUT2D eigenvalue weighted by Crippen LogP contribution is 2.43. The smallest absolute Gasteiger partial charge is 0.301 e. The molecule has 1 N–H and O–H groups in total. The maximum Gasteiger partial charge on any atom is 0.301 e. The fourth-order valence-electron chi connectivity index (χ4n) is 3.31. The second-order valence-corrected chi connectivity index (χ2v) is 6.65. The van der Waals surface area contributed by atoms with E-state index in [4.69, 9.17) is 11.6 Å². The van der Waals surface area contributed by atoms with E-state index in [1.807, 2.05) is 0 Å². The zero-order valence-corrected chi connectivity index (χ0v) is 15.4. The van der Waals surface area contributed by atoms with Gasteiger partial charge in [0.25, 0.3) is 5.78 Å². The molecule has 3 aromatic rings. The molecule has 2 aromatic carbocycles. The van der Waals surface area contributed by atoms with Gasteiger partial charge in [0.1, 0.15) is 11.6 Å². The largest absolute Gasteiger partial charge is 0.507 e. The molecule has 0 aliphatic carbocycles. The van der Waals surface area contributed by atoms with Crippen LogP contribution in [0.25, 0.3) is 5.76 Å². The number of halogens is 1. The van der Waals surface area contributed by atoms with Gasteiger partial charge < -0.3 is 5.11 Å². The second-order valence-electron chi connectivity index (χ2n) is 6.24. The first-order valence-corrected chi connectivity index (χ1v) is 8.99. The Balaban J connectivity index is 1.98. The van der Waals surface area contributed by atoms with E-state index in [0.29, 0.717) is 22.0 Å². The minimum absolute atomic E-state index is 0.0186. The van der Waals surface area contributed by atoms with Crippen molar-refractivity contribution in [3.8, 4) is 0 Å². The molecule has 1 aromatic heterocycles. The van der Waals surface area contributed by atoms with Gasteiger partial charge in [-0.05, 0) is 23.8 Å². The Morgan fingerprint density at radius 3 is 2.29 bits per heavy atom. The van der Waals surface area contributed by atoms with E-state index in [2.05, 4.69) is 4.98 Å². The zero-order chi connectivity index (χ0) is 19.7. The molecule has 5 nitrogen and oxygen atoms in total. The SMILES string of the molecule is O=C1C(=O)N(c2ccccn2)[C@@H](c2ccccc2Cl)C1=C(O)c1ccccc1. The predicted molar refractivity (Wildman–Crippen MR) is 107 cm³/mol. The van der Waals surface area contributed by atoms with Gasteiger partial charge in [-0.25, -0.2) is 4.98 Å². The Labute approximate surface area is 166 Å². The monoisotopic (exact) mass is 390 g/mol. The Morgan fingerprint density at radius 2 is 1.61 bits per heavy atom. The van der Waals surface area contributed by atoms with Crippen molar-refractivity contribution in [3.05, 3.63) is 101 Å². The molecule has 4 rings (SSSR count). The molecule has 138 valence electrons. The third-order valence-electron chi connectivity index (χ3n) is 4.59. The molecule has 1 fully saturated rings. The molecular weight excluding hydrogens is 376 g/mol. The van der Waals surface area contributed by atoms with Crippen molar-refractivity contribution in [2.45, 2.75) is 6.04 Å². The molecule has 1 aliphatic rings. The number of aliphatic hydroxyl groups excluding tert-OH is 1. The van der Waals surface area contributed by atoms with Gasteiger partial charge >= 0.3 is 5.91 Å². The molecule has 0 unspecified atom stereocenters. The fourth-order valence-corrected chi connectivity index (χ4v) is 3.55. The van der Waals surface area contributed by atoms with Gasteiger partial charge in [0, 0.05) is 16.8 Å². The predicted octanol–water partition coefficient (Wildman–Crippen LogP) is 4.36. The maximum absolute atomic E-state index is 12.9. The standard InChI is InChI=1S/C22H15ClN2O3/c23-16-11-5-4-10-15(16)19-18(20(26)14-8-2-1-3-9-14)21(27)22(28)25(19)17-12-6-7-13-24-17/h1-13,19,26H/t19-/m0/s1. The number of nitrogens with zero attached hydrogens (tertiary/aromatic N) is 2. The number of hydrogen-bond acceptors (Lipinski definition) is 4. The number of pyridine rings is 1. The topological polar surface area (TPSA) is 70.5 Å². The lowest BCUT2D eigenvalue weighted by Crippen LogP contribution is -2.30. The summed E-state index contributed by atoms with van der Waals surface area (Å²) >= 11 is 6.39. The number of anilines is 1. The van der Waals surface area contributed by atoms with Crippen LogP contribution in [-0.2, 0) is 9.59 Å². The average Bonchev–Trinajstić information content (AvgIpc) is 3.00. The number of carbonyl (C=O) groups is 2. The van der Waals surface area contributed by atoms with E-state index in [1.165, 1.54) is 11.1 Å². The molecule has 28 heavy (non-hydrogen) atoms. The van der Waals surface area contributed by atoms with Crippen LogP contribution in [0.5, 0.6) is 0 Å². The minimum atomic E-state index is -0.885. The van der Waals surface area contributed by atoms with Crippen LogP contribution in [0.3, 0.4) is 0 Å². The van der Waals surface area contributed by atoms with Crippen molar-refractivity contribution in [1.82, 2.24) is 4.98 Å². The lowest BCUT2D eigenvalue weighted by Gasteiger charge is -2.25. The maximum atomic E-state index is 12.9. The van der Waals surface area contributed by atoms with Crippen molar-refractivity contribution in [3.63, 3.8) is 0 Å². The highest BCUT2D eigenvalue weighted by atomic mass is 35.5. The third-order valence-corrected chi connectivity index (χ3v) is 4.93. The summed E-state index contributed by atoms with van der Waals surface area (Å²) in [6.45, 7) is 0. The molecule has 1 saturated heterocycles. The van der Waals surface area contributed by atoms with Gasteiger partial charge in [0.2, 0.25) is 0 Å². The van der Waals surface area contributed by atoms with E-state index < -0.39 is 17.7 Å². The van der Waals surface area contributed by atoms with Crippen molar-refractivity contribution >= 4 is 34.9 Å². The van der Waals surface area contributed by atoms with Crippen LogP contribution in [0.2, 0.25) is 5.02 Å². The average molecular weight is 391 g/mol. The first kappa shape index (κ1) is 17.9. The normalized spacial score (nSPS) is 18.5. The molecule has 0 bridgehead atoms. The van der Waals surface area contributed by atoms with Crippen LogP contribution >= 0.6 is 11.6 Å². The summed E-state index contributed by atoms with van der Waals surface area (Å²) < 4.78 is 0. The number of amides is 1. The molecule has 0 radical (unpaired) electrons. The summed E-state index contributed by atoms with van der Waals surface area (Å²) in [4.78, 5) is 31.3. The Morgan fingerprint density at radius 1 is 0.929 bits per heavy atom. The highest BCUT2D eigenvalue weighted by molar-refractivity contribution is 6.51. The van der Waals surface area contributed by atoms with Gasteiger partial charge in [-0.3, -0.25) is 14.5 Å². The molecular formula is C22H15ClN2O3. The quantitative estimate of drug-likeness (QED) is 0.410. The van der Waals surface area contributed by atoms with Gasteiger partial charge in [0.05, 0.1) is 11.6 Å². The second kappa shape index (κ2) is 7.29. The summed E-state index contributed by atoms with van der Waals surface area (Å²) in [6, 6.07) is 19.8. The van der Waals surface area contributed by atoms with Gasteiger partial charge in [0.15, 0.2) is 0 Å². The zero-order valence-electron chi connectivity index (χ0n) is 14.6. The third kappa shape index (κ3) is 2.96. The van der Waals surface area contributed by atoms with E-state index in [0.717, 1.165) is 0 Å². The summed E-state index contributed by atoms with van der Waals surface area (Å²) in [5, 5.41) is 11.3. The molecule has 1 amide bonds. The van der Waals surface area contributed by atoms with Crippen LogP contribution < -0.4 is 4.90 Å². The number of hydrogen-bond donors (Lipinski definition) is 1. The van der Waals surface area contributed by atoms with Crippen molar-refractivity contribution in [1.29, 1.82) is 0 Å². The summed E-state index contributed by atoms with van der Waals surface area (Å²) in [7, 11) is 0. The first-order chi connectivity index (χ1) is 13.6. The van der Waals surface area contributed by atoms with Crippen LogP contribution in [0.4, 0.5) is 5.82 Å². The number of aliphatic hydroxyl groups is 1. The molecule has 0 saturated carbocycles. The number of carbonyl (C=O) groups excluding carboxylic acids is 2. The first-order valence-electron chi connectivity index (χ1n) is 8.61. The Hall–Kier alpha value is -3.44. The highest BCUT2D eigenvalue weighted by Gasteiger charge is 2.48. The Bertz CT molecular complexity index is 1080. The molecule has 1 atom stereocenters. The van der Waals surface area contributed by atoms with Crippen molar-refractivity contribution < 1.29 is 14.7 Å². The fraction of sp³-hybridized carbons (Fsp3) is 0.0455. The summed E-state index contributed by atoms with van der Waals surface area (Å²) in [6.07, 6.45) is 1.54. The van der Waals surface area contributed by atoms with Gasteiger partial charge in [-0.15, -0.1) is 0 Å². The number of aromatic nitrogens is 1. The van der Waals surface area contributed by atoms with Gasteiger partial charge in [-0.1, -0.05) is 66.2 Å². The van der Waals surface area contributed by atoms with E-state index in [-0.39, 0.29) is 11.3 Å². The van der Waals surface area contributed by atoms with Crippen molar-refractivity contribution in [2.24, 2.45) is 0 Å². The number of benzene rings is 2. The van der Waals surface area contributed by atoms with Gasteiger partial charge in [-0.2, -0.15) is 0 Å². The van der Waals surface area contributed by atoms with Crippen LogP contribution in [0, 0.1) is 0 Å². The van der Waals surface area contributed by atoms with E-state index >= 15 is 0 Å². The molecule has 2 heterocycles. The Kier molecular flexibility index (Phi) is 4.67. The molecule has 6 heteroatoms. The summed E-state index contributed by atoms with van der Waals surface area (Å²) in [5.41, 5.74) is 0.958. The number of ketones is 1. The summed E-state index contributed by atoms with van der Waals surface area (Å²) in [5.74, 6) is -1.48. The van der Waals surface area contributed by atoms with E-state index in [1.54, 1.807) is 72.8 Å². The lowest BCUT2D eigenvalue weighted by molar-refractivity contribution is -0.132. The van der Waals surface area contributed by atoms with Crippen molar-refractivity contribution in [2.75, 3.05) is 4.90 Å². The minimum Gasteiger partial charge on any atom is -0.507 e. The number of Topliss-reactive ketones (excluding diaryl/α,β-unsaturated/α-hetero) is 1. The lowest BCUT2D eigenvalue weighted by atomic mass is 9.95. The molecule has 1 aliphatic heterocycles.